The second-order valence-corrected chi connectivity index (χ2v) is 8.63. The van der Waals surface area contributed by atoms with Crippen LogP contribution < -0.4 is 15.8 Å². The highest BCUT2D eigenvalue weighted by molar-refractivity contribution is 5.80. The molecule has 11 heteroatoms. The van der Waals surface area contributed by atoms with Gasteiger partial charge in [0.1, 0.15) is 5.82 Å². The molecule has 172 valence electrons. The van der Waals surface area contributed by atoms with Gasteiger partial charge in [-0.1, -0.05) is 32.6 Å². The number of hydrazine groups is 1. The number of carbonyl (C=O) groups excluding carboxylic acids is 2. The minimum absolute atomic E-state index is 0.0126. The maximum Gasteiger partial charge on any atom is 0.243 e. The standard InChI is InChI=1S/C20H31FN6O4/c1-12-8-26(10-16(12)29)19-17(21)18(22-13(2)23-19)24-25-20(30)15(9-27(31)11-28)7-14-5-3-4-6-14/h11-12,14-16,29,31H,3-10H2,1-2H3,(H,25,30)(H,22,23,24)/t12-,15-,16+/m0/s1. The van der Waals surface area contributed by atoms with Gasteiger partial charge in [0.2, 0.25) is 18.1 Å². The van der Waals surface area contributed by atoms with E-state index in [1.165, 1.54) is 0 Å². The number of nitrogens with one attached hydrogen (secondary N) is 2. The molecule has 2 amide bonds. The summed E-state index contributed by atoms with van der Waals surface area (Å²) in [5.74, 6) is -1.30. The summed E-state index contributed by atoms with van der Waals surface area (Å²) in [7, 11) is 0. The Morgan fingerprint density at radius 2 is 2.06 bits per heavy atom. The van der Waals surface area contributed by atoms with Gasteiger partial charge in [0.05, 0.1) is 18.6 Å². The van der Waals surface area contributed by atoms with Gasteiger partial charge in [0, 0.05) is 19.0 Å². The number of hydrogen-bond donors (Lipinski definition) is 4. The summed E-state index contributed by atoms with van der Waals surface area (Å²) in [6, 6.07) is 0. The molecular weight excluding hydrogens is 407 g/mol. The maximum atomic E-state index is 15.0. The SMILES string of the molecule is Cc1nc(NNC(=O)[C@@H](CC2CCCC2)CN(O)C=O)c(F)c(N2C[C@@H](O)[C@@H](C)C2)n1. The summed E-state index contributed by atoms with van der Waals surface area (Å²) in [6.45, 7) is 4.07. The van der Waals surface area contributed by atoms with Gasteiger partial charge in [-0.2, -0.15) is 4.39 Å². The molecule has 1 saturated heterocycles. The molecule has 0 bridgehead atoms. The van der Waals surface area contributed by atoms with Crippen LogP contribution in [0.3, 0.4) is 0 Å². The first kappa shape index (κ1) is 23.1. The monoisotopic (exact) mass is 438 g/mol. The number of β-amino-alcohol motifs (C(OH)–C–C–N with tert-alkyl or cyclic N) is 1. The number of rotatable bonds is 9. The van der Waals surface area contributed by atoms with Crippen molar-refractivity contribution < 1.29 is 24.3 Å². The summed E-state index contributed by atoms with van der Waals surface area (Å²) in [6.07, 6.45) is 4.44. The molecule has 2 heterocycles. The van der Waals surface area contributed by atoms with E-state index >= 15 is 4.39 Å². The Hall–Kier alpha value is -2.53. The van der Waals surface area contributed by atoms with E-state index in [1.807, 2.05) is 6.92 Å². The number of amides is 2. The Morgan fingerprint density at radius 3 is 2.68 bits per heavy atom. The summed E-state index contributed by atoms with van der Waals surface area (Å²) < 4.78 is 15.0. The van der Waals surface area contributed by atoms with Gasteiger partial charge in [-0.05, 0) is 19.3 Å². The van der Waals surface area contributed by atoms with Gasteiger partial charge >= 0.3 is 0 Å². The third kappa shape index (κ3) is 5.79. The first-order valence-corrected chi connectivity index (χ1v) is 10.7. The molecule has 0 aromatic carbocycles. The van der Waals surface area contributed by atoms with Crippen molar-refractivity contribution in [3.63, 3.8) is 0 Å². The number of aliphatic hydroxyl groups is 1. The maximum absolute atomic E-state index is 15.0. The third-order valence-electron chi connectivity index (χ3n) is 6.11. The lowest BCUT2D eigenvalue weighted by molar-refractivity contribution is -0.154. The van der Waals surface area contributed by atoms with E-state index in [-0.39, 0.29) is 37.1 Å². The number of halogens is 1. The van der Waals surface area contributed by atoms with Crippen LogP contribution in [0, 0.1) is 30.5 Å². The average Bonchev–Trinajstić information content (AvgIpc) is 3.37. The van der Waals surface area contributed by atoms with E-state index in [4.69, 9.17) is 0 Å². The van der Waals surface area contributed by atoms with Gasteiger partial charge in [-0.25, -0.2) is 15.0 Å². The van der Waals surface area contributed by atoms with Crippen LogP contribution in [0.2, 0.25) is 0 Å². The molecule has 10 nitrogen and oxygen atoms in total. The molecule has 0 unspecified atom stereocenters. The molecule has 2 fully saturated rings. The fraction of sp³-hybridized carbons (Fsp3) is 0.700. The topological polar surface area (TPSA) is 131 Å². The van der Waals surface area contributed by atoms with Crippen LogP contribution in [-0.2, 0) is 9.59 Å². The quantitative estimate of drug-likeness (QED) is 0.257. The van der Waals surface area contributed by atoms with Crippen LogP contribution in [0.1, 0.15) is 44.9 Å². The van der Waals surface area contributed by atoms with Crippen molar-refractivity contribution in [1.29, 1.82) is 0 Å². The van der Waals surface area contributed by atoms with E-state index in [0.717, 1.165) is 25.7 Å². The molecule has 3 atom stereocenters. The molecule has 1 aliphatic heterocycles. The van der Waals surface area contributed by atoms with Crippen molar-refractivity contribution in [2.24, 2.45) is 17.8 Å². The average molecular weight is 439 g/mol. The normalized spacial score (nSPS) is 22.4. The molecule has 1 saturated carbocycles. The summed E-state index contributed by atoms with van der Waals surface area (Å²) in [5.41, 5.74) is 5.00. The molecule has 0 radical (unpaired) electrons. The predicted molar refractivity (Wildman–Crippen MR) is 110 cm³/mol. The molecule has 0 spiro atoms. The van der Waals surface area contributed by atoms with Gasteiger partial charge in [0.25, 0.3) is 0 Å². The molecule has 2 aliphatic rings. The number of nitrogens with zero attached hydrogens (tertiary/aromatic N) is 4. The number of carbonyl (C=O) groups is 2. The number of aromatic nitrogens is 2. The second kappa shape index (κ2) is 10.2. The highest BCUT2D eigenvalue weighted by Crippen LogP contribution is 2.31. The van der Waals surface area contributed by atoms with Gasteiger partial charge in [-0.15, -0.1) is 0 Å². The first-order valence-electron chi connectivity index (χ1n) is 10.7. The van der Waals surface area contributed by atoms with Crippen molar-refractivity contribution in [2.45, 2.75) is 52.1 Å². The van der Waals surface area contributed by atoms with Gasteiger partial charge in [0.15, 0.2) is 11.6 Å². The van der Waals surface area contributed by atoms with E-state index in [1.54, 1.807) is 11.8 Å². The minimum atomic E-state index is -0.726. The Bertz CT molecular complexity index is 781. The van der Waals surface area contributed by atoms with E-state index in [2.05, 4.69) is 20.8 Å². The van der Waals surface area contributed by atoms with E-state index in [9.17, 15) is 19.9 Å². The Balaban J connectivity index is 1.69. The second-order valence-electron chi connectivity index (χ2n) is 8.63. The molecule has 1 aromatic heterocycles. The lowest BCUT2D eigenvalue weighted by Gasteiger charge is -2.23. The van der Waals surface area contributed by atoms with Crippen molar-refractivity contribution in [3.05, 3.63) is 11.6 Å². The third-order valence-corrected chi connectivity index (χ3v) is 6.11. The van der Waals surface area contributed by atoms with Crippen LogP contribution in [0.5, 0.6) is 0 Å². The number of aryl methyl sites for hydroxylation is 1. The lowest BCUT2D eigenvalue weighted by Crippen LogP contribution is -2.41. The predicted octanol–water partition coefficient (Wildman–Crippen LogP) is 1.23. The van der Waals surface area contributed by atoms with Crippen molar-refractivity contribution >= 4 is 24.0 Å². The van der Waals surface area contributed by atoms with Crippen molar-refractivity contribution in [2.75, 3.05) is 30.0 Å². The molecular formula is C20H31FN6O4. The summed E-state index contributed by atoms with van der Waals surface area (Å²) in [5, 5.41) is 20.0. The highest BCUT2D eigenvalue weighted by Gasteiger charge is 2.32. The Morgan fingerprint density at radius 1 is 1.35 bits per heavy atom. The number of hydroxylamine groups is 2. The van der Waals surface area contributed by atoms with Gasteiger partial charge < -0.3 is 10.0 Å². The fourth-order valence-corrected chi connectivity index (χ4v) is 4.36. The van der Waals surface area contributed by atoms with Crippen LogP contribution in [0.4, 0.5) is 16.0 Å². The smallest absolute Gasteiger partial charge is 0.243 e. The lowest BCUT2D eigenvalue weighted by atomic mass is 9.92. The van der Waals surface area contributed by atoms with Crippen LogP contribution in [0.25, 0.3) is 0 Å². The van der Waals surface area contributed by atoms with E-state index in [0.29, 0.717) is 29.8 Å². The van der Waals surface area contributed by atoms with Crippen LogP contribution >= 0.6 is 0 Å². The molecule has 4 N–H and O–H groups in total. The zero-order chi connectivity index (χ0) is 22.5. The highest BCUT2D eigenvalue weighted by atomic mass is 19.1. The molecule has 1 aliphatic carbocycles. The van der Waals surface area contributed by atoms with Crippen LogP contribution in [-0.4, -0.2) is 63.4 Å². The molecule has 3 rings (SSSR count). The number of hydrogen-bond acceptors (Lipinski definition) is 8. The van der Waals surface area contributed by atoms with Crippen molar-refractivity contribution in [1.82, 2.24) is 20.5 Å². The molecule has 31 heavy (non-hydrogen) atoms. The largest absolute Gasteiger partial charge is 0.391 e. The van der Waals surface area contributed by atoms with Gasteiger partial charge in [-0.3, -0.25) is 25.6 Å². The zero-order valence-corrected chi connectivity index (χ0v) is 17.9. The summed E-state index contributed by atoms with van der Waals surface area (Å²) in [4.78, 5) is 33.4. The number of aliphatic hydroxyl groups excluding tert-OH is 1. The van der Waals surface area contributed by atoms with Crippen molar-refractivity contribution in [3.8, 4) is 0 Å². The van der Waals surface area contributed by atoms with Crippen LogP contribution in [0.15, 0.2) is 0 Å². The number of anilines is 2. The first-order chi connectivity index (χ1) is 14.8. The molecule has 1 aromatic rings. The zero-order valence-electron chi connectivity index (χ0n) is 17.9. The Kier molecular flexibility index (Phi) is 7.60. The summed E-state index contributed by atoms with van der Waals surface area (Å²) >= 11 is 0. The fourth-order valence-electron chi connectivity index (χ4n) is 4.36. The van der Waals surface area contributed by atoms with E-state index < -0.39 is 23.7 Å². The Labute approximate surface area is 180 Å². The minimum Gasteiger partial charge on any atom is -0.391 e.